The molecule has 2 aromatic rings. The average Bonchev–Trinajstić information content (AvgIpc) is 2.31. The smallest absolute Gasteiger partial charge is 0.0409 e. The van der Waals surface area contributed by atoms with Gasteiger partial charge in [-0.05, 0) is 35.2 Å². The van der Waals surface area contributed by atoms with Crippen molar-refractivity contribution in [1.82, 2.24) is 0 Å². The van der Waals surface area contributed by atoms with Crippen molar-refractivity contribution in [2.45, 2.75) is 6.42 Å². The second-order valence-electron chi connectivity index (χ2n) is 3.61. The number of rotatable bonds is 3. The summed E-state index contributed by atoms with van der Waals surface area (Å²) in [6.07, 6.45) is 0.991. The van der Waals surface area contributed by atoms with Gasteiger partial charge in [0.15, 0.2) is 0 Å². The quantitative estimate of drug-likeness (QED) is 0.703. The van der Waals surface area contributed by atoms with E-state index in [1.54, 1.807) is 0 Å². The lowest BCUT2D eigenvalue weighted by Crippen LogP contribution is -1.91. The average molecular weight is 296 g/mol. The van der Waals surface area contributed by atoms with Gasteiger partial charge in [0.2, 0.25) is 0 Å². The SMILES string of the molecule is Clc1ccc(-c2ccccc2)c(CCBr)c1. The molecule has 0 radical (unpaired) electrons. The van der Waals surface area contributed by atoms with Crippen LogP contribution in [0, 0.1) is 0 Å². The van der Waals surface area contributed by atoms with Gasteiger partial charge in [0.1, 0.15) is 0 Å². The zero-order chi connectivity index (χ0) is 11.4. The van der Waals surface area contributed by atoms with Gasteiger partial charge in [0.05, 0.1) is 0 Å². The van der Waals surface area contributed by atoms with E-state index in [9.17, 15) is 0 Å². The van der Waals surface area contributed by atoms with Crippen LogP contribution in [0.5, 0.6) is 0 Å². The molecular weight excluding hydrogens is 284 g/mol. The number of halogens is 2. The number of alkyl halides is 1. The van der Waals surface area contributed by atoms with Gasteiger partial charge in [-0.2, -0.15) is 0 Å². The summed E-state index contributed by atoms with van der Waals surface area (Å²) in [5.41, 5.74) is 3.80. The minimum atomic E-state index is 0.802. The molecule has 0 spiro atoms. The molecule has 0 aromatic heterocycles. The first-order valence-electron chi connectivity index (χ1n) is 5.21. The van der Waals surface area contributed by atoms with Gasteiger partial charge in [-0.25, -0.2) is 0 Å². The Bertz CT molecular complexity index is 465. The highest BCUT2D eigenvalue weighted by Crippen LogP contribution is 2.27. The fourth-order valence-electron chi connectivity index (χ4n) is 1.77. The van der Waals surface area contributed by atoms with Gasteiger partial charge in [0.25, 0.3) is 0 Å². The first kappa shape index (κ1) is 11.7. The van der Waals surface area contributed by atoms with Gasteiger partial charge in [-0.15, -0.1) is 0 Å². The van der Waals surface area contributed by atoms with Crippen LogP contribution in [0.4, 0.5) is 0 Å². The molecule has 82 valence electrons. The van der Waals surface area contributed by atoms with Crippen LogP contribution in [-0.4, -0.2) is 5.33 Å². The van der Waals surface area contributed by atoms with E-state index >= 15 is 0 Å². The highest BCUT2D eigenvalue weighted by molar-refractivity contribution is 9.09. The van der Waals surface area contributed by atoms with Gasteiger partial charge < -0.3 is 0 Å². The molecule has 0 bridgehead atoms. The van der Waals surface area contributed by atoms with Crippen LogP contribution in [0.15, 0.2) is 48.5 Å². The summed E-state index contributed by atoms with van der Waals surface area (Å²) >= 11 is 9.50. The lowest BCUT2D eigenvalue weighted by Gasteiger charge is -2.09. The normalized spacial score (nSPS) is 10.4. The Hall–Kier alpha value is -0.790. The number of hydrogen-bond acceptors (Lipinski definition) is 0. The third-order valence-corrected chi connectivity index (χ3v) is 3.15. The van der Waals surface area contributed by atoms with Crippen molar-refractivity contribution in [2.24, 2.45) is 0 Å². The van der Waals surface area contributed by atoms with E-state index in [1.165, 1.54) is 16.7 Å². The topological polar surface area (TPSA) is 0 Å². The van der Waals surface area contributed by atoms with Crippen molar-refractivity contribution in [3.05, 3.63) is 59.1 Å². The molecule has 0 saturated heterocycles. The lowest BCUT2D eigenvalue weighted by atomic mass is 9.98. The molecule has 16 heavy (non-hydrogen) atoms. The van der Waals surface area contributed by atoms with Crippen LogP contribution in [0.2, 0.25) is 5.02 Å². The van der Waals surface area contributed by atoms with E-state index < -0.39 is 0 Å². The molecule has 0 unspecified atom stereocenters. The van der Waals surface area contributed by atoms with Crippen LogP contribution in [0.25, 0.3) is 11.1 Å². The Labute approximate surface area is 109 Å². The molecule has 0 saturated carbocycles. The Morgan fingerprint density at radius 3 is 2.44 bits per heavy atom. The van der Waals surface area contributed by atoms with E-state index in [1.807, 2.05) is 18.2 Å². The summed E-state index contributed by atoms with van der Waals surface area (Å²) in [6, 6.07) is 16.5. The minimum Gasteiger partial charge on any atom is -0.0924 e. The second-order valence-corrected chi connectivity index (χ2v) is 4.84. The summed E-state index contributed by atoms with van der Waals surface area (Å²) in [4.78, 5) is 0. The van der Waals surface area contributed by atoms with Crippen LogP contribution in [0.1, 0.15) is 5.56 Å². The Kier molecular flexibility index (Phi) is 4.03. The summed E-state index contributed by atoms with van der Waals surface area (Å²) in [5.74, 6) is 0. The van der Waals surface area contributed by atoms with Crippen LogP contribution in [-0.2, 0) is 6.42 Å². The van der Waals surface area contributed by atoms with E-state index in [2.05, 4.69) is 46.3 Å². The van der Waals surface area contributed by atoms with E-state index in [0.717, 1.165) is 16.8 Å². The summed E-state index contributed by atoms with van der Waals surface area (Å²) < 4.78 is 0. The Morgan fingerprint density at radius 2 is 1.75 bits per heavy atom. The summed E-state index contributed by atoms with van der Waals surface area (Å²) in [6.45, 7) is 0. The molecular formula is C14H12BrCl. The highest BCUT2D eigenvalue weighted by Gasteiger charge is 2.04. The molecule has 2 heteroatoms. The molecule has 0 aliphatic carbocycles. The van der Waals surface area contributed by atoms with Gasteiger partial charge in [-0.1, -0.05) is 63.9 Å². The molecule has 0 fully saturated rings. The molecule has 0 amide bonds. The molecule has 0 nitrogen and oxygen atoms in total. The second kappa shape index (κ2) is 5.51. The van der Waals surface area contributed by atoms with E-state index in [0.29, 0.717) is 0 Å². The maximum atomic E-state index is 6.02. The van der Waals surface area contributed by atoms with Crippen molar-refractivity contribution in [3.8, 4) is 11.1 Å². The molecule has 0 aliphatic rings. The van der Waals surface area contributed by atoms with Crippen LogP contribution in [0.3, 0.4) is 0 Å². The summed E-state index contributed by atoms with van der Waals surface area (Å²) in [5, 5.41) is 1.75. The number of benzene rings is 2. The standard InChI is InChI=1S/C14H12BrCl/c15-9-8-12-10-13(16)6-7-14(12)11-4-2-1-3-5-11/h1-7,10H,8-9H2. The van der Waals surface area contributed by atoms with Crippen molar-refractivity contribution >= 4 is 27.5 Å². The van der Waals surface area contributed by atoms with Crippen molar-refractivity contribution in [3.63, 3.8) is 0 Å². The zero-order valence-electron chi connectivity index (χ0n) is 8.79. The van der Waals surface area contributed by atoms with Gasteiger partial charge >= 0.3 is 0 Å². The Balaban J connectivity index is 2.48. The maximum Gasteiger partial charge on any atom is 0.0409 e. The Morgan fingerprint density at radius 1 is 1.00 bits per heavy atom. The van der Waals surface area contributed by atoms with Crippen LogP contribution < -0.4 is 0 Å². The number of aryl methyl sites for hydroxylation is 1. The van der Waals surface area contributed by atoms with E-state index in [4.69, 9.17) is 11.6 Å². The number of hydrogen-bond donors (Lipinski definition) is 0. The first-order chi connectivity index (χ1) is 7.81. The predicted molar refractivity (Wildman–Crippen MR) is 74.4 cm³/mol. The van der Waals surface area contributed by atoms with Crippen molar-refractivity contribution in [2.75, 3.05) is 5.33 Å². The predicted octanol–water partition coefficient (Wildman–Crippen LogP) is 4.94. The molecule has 0 aliphatic heterocycles. The van der Waals surface area contributed by atoms with Crippen molar-refractivity contribution < 1.29 is 0 Å². The monoisotopic (exact) mass is 294 g/mol. The summed E-state index contributed by atoms with van der Waals surface area (Å²) in [7, 11) is 0. The third kappa shape index (κ3) is 2.66. The maximum absolute atomic E-state index is 6.02. The van der Waals surface area contributed by atoms with Crippen molar-refractivity contribution in [1.29, 1.82) is 0 Å². The highest BCUT2D eigenvalue weighted by atomic mass is 79.9. The van der Waals surface area contributed by atoms with Gasteiger partial charge in [-0.3, -0.25) is 0 Å². The lowest BCUT2D eigenvalue weighted by molar-refractivity contribution is 1.17. The molecule has 2 rings (SSSR count). The van der Waals surface area contributed by atoms with Crippen LogP contribution >= 0.6 is 27.5 Å². The molecule has 0 N–H and O–H groups in total. The fourth-order valence-corrected chi connectivity index (χ4v) is 2.39. The largest absolute Gasteiger partial charge is 0.0924 e. The fraction of sp³-hybridized carbons (Fsp3) is 0.143. The third-order valence-electron chi connectivity index (χ3n) is 2.52. The van der Waals surface area contributed by atoms with Gasteiger partial charge in [0, 0.05) is 10.4 Å². The first-order valence-corrected chi connectivity index (χ1v) is 6.71. The minimum absolute atomic E-state index is 0.802. The zero-order valence-corrected chi connectivity index (χ0v) is 11.1. The van der Waals surface area contributed by atoms with E-state index in [-0.39, 0.29) is 0 Å². The molecule has 0 atom stereocenters. The molecule has 0 heterocycles. The molecule has 2 aromatic carbocycles.